The van der Waals surface area contributed by atoms with E-state index in [9.17, 15) is 4.79 Å². The third-order valence-corrected chi connectivity index (χ3v) is 5.20. The zero-order chi connectivity index (χ0) is 18.8. The molecule has 3 rings (SSSR count). The van der Waals surface area contributed by atoms with Crippen molar-refractivity contribution in [2.75, 3.05) is 25.5 Å². The van der Waals surface area contributed by atoms with Gasteiger partial charge in [-0.3, -0.25) is 9.48 Å². The summed E-state index contributed by atoms with van der Waals surface area (Å²) in [5.41, 5.74) is 3.96. The van der Waals surface area contributed by atoms with E-state index in [4.69, 9.17) is 0 Å². The molecule has 0 aliphatic carbocycles. The topological polar surface area (TPSA) is 67.2 Å². The molecule has 1 amide bonds. The minimum Gasteiger partial charge on any atom is -0.361 e. The molecule has 1 fully saturated rings. The molecule has 140 valence electrons. The Morgan fingerprint density at radius 2 is 2.04 bits per heavy atom. The van der Waals surface area contributed by atoms with E-state index in [-0.39, 0.29) is 11.9 Å². The SMILES string of the molecule is CCn1nc(C)c(CC(=O)N2CCCC2c2ccc(N(C)C)nn2)c1C. The highest BCUT2D eigenvalue weighted by Gasteiger charge is 2.32. The van der Waals surface area contributed by atoms with Crippen molar-refractivity contribution in [1.82, 2.24) is 24.9 Å². The summed E-state index contributed by atoms with van der Waals surface area (Å²) in [6.07, 6.45) is 2.34. The Morgan fingerprint density at radius 3 is 2.62 bits per heavy atom. The van der Waals surface area contributed by atoms with Gasteiger partial charge in [-0.2, -0.15) is 10.2 Å². The van der Waals surface area contributed by atoms with Gasteiger partial charge < -0.3 is 9.80 Å². The molecule has 0 bridgehead atoms. The van der Waals surface area contributed by atoms with Gasteiger partial charge in [-0.15, -0.1) is 5.10 Å². The second-order valence-corrected chi connectivity index (χ2v) is 7.10. The fourth-order valence-electron chi connectivity index (χ4n) is 3.67. The van der Waals surface area contributed by atoms with Crippen molar-refractivity contribution in [2.24, 2.45) is 0 Å². The Kier molecular flexibility index (Phi) is 5.25. The highest BCUT2D eigenvalue weighted by Crippen LogP contribution is 2.31. The van der Waals surface area contributed by atoms with Crippen LogP contribution in [0, 0.1) is 13.8 Å². The normalized spacial score (nSPS) is 17.0. The summed E-state index contributed by atoms with van der Waals surface area (Å²) >= 11 is 0. The first-order valence-corrected chi connectivity index (χ1v) is 9.25. The predicted octanol–water partition coefficient (Wildman–Crippen LogP) is 2.28. The summed E-state index contributed by atoms with van der Waals surface area (Å²) in [7, 11) is 3.88. The fourth-order valence-corrected chi connectivity index (χ4v) is 3.67. The number of aromatic nitrogens is 4. The Labute approximate surface area is 155 Å². The number of nitrogens with zero attached hydrogens (tertiary/aromatic N) is 6. The largest absolute Gasteiger partial charge is 0.361 e. The average molecular weight is 356 g/mol. The van der Waals surface area contributed by atoms with Crippen LogP contribution in [-0.4, -0.2) is 51.4 Å². The third-order valence-electron chi connectivity index (χ3n) is 5.20. The summed E-state index contributed by atoms with van der Waals surface area (Å²) in [4.78, 5) is 16.9. The van der Waals surface area contributed by atoms with Crippen LogP contribution in [0.4, 0.5) is 5.82 Å². The van der Waals surface area contributed by atoms with Gasteiger partial charge in [0.1, 0.15) is 0 Å². The van der Waals surface area contributed by atoms with Crippen molar-refractivity contribution in [1.29, 1.82) is 0 Å². The first kappa shape index (κ1) is 18.4. The molecule has 26 heavy (non-hydrogen) atoms. The molecule has 7 heteroatoms. The third kappa shape index (κ3) is 3.43. The quantitative estimate of drug-likeness (QED) is 0.822. The maximum absolute atomic E-state index is 13.0. The lowest BCUT2D eigenvalue weighted by Crippen LogP contribution is -2.32. The average Bonchev–Trinajstić information content (AvgIpc) is 3.22. The number of aryl methyl sites for hydroxylation is 2. The lowest BCUT2D eigenvalue weighted by molar-refractivity contribution is -0.131. The Balaban J connectivity index is 1.77. The predicted molar refractivity (Wildman–Crippen MR) is 101 cm³/mol. The molecule has 1 saturated heterocycles. The maximum Gasteiger partial charge on any atom is 0.227 e. The number of carbonyl (C=O) groups is 1. The second-order valence-electron chi connectivity index (χ2n) is 7.10. The Hall–Kier alpha value is -2.44. The van der Waals surface area contributed by atoms with Gasteiger partial charge in [0, 0.05) is 38.4 Å². The molecule has 0 N–H and O–H groups in total. The van der Waals surface area contributed by atoms with Crippen LogP contribution in [0.25, 0.3) is 0 Å². The summed E-state index contributed by atoms with van der Waals surface area (Å²) in [6, 6.07) is 3.97. The molecule has 0 spiro atoms. The highest BCUT2D eigenvalue weighted by atomic mass is 16.2. The van der Waals surface area contributed by atoms with Gasteiger partial charge in [-0.05, 0) is 45.7 Å². The van der Waals surface area contributed by atoms with E-state index in [1.54, 1.807) is 0 Å². The number of likely N-dealkylation sites (tertiary alicyclic amines) is 1. The zero-order valence-electron chi connectivity index (χ0n) is 16.4. The minimum absolute atomic E-state index is 0.0213. The van der Waals surface area contributed by atoms with E-state index in [1.165, 1.54) is 0 Å². The summed E-state index contributed by atoms with van der Waals surface area (Å²) in [5.74, 6) is 0.968. The molecular formula is C19H28N6O. The highest BCUT2D eigenvalue weighted by molar-refractivity contribution is 5.80. The summed E-state index contributed by atoms with van der Waals surface area (Å²) in [5, 5.41) is 13.2. The number of carbonyl (C=O) groups excluding carboxylic acids is 1. The molecule has 0 radical (unpaired) electrons. The van der Waals surface area contributed by atoms with Gasteiger partial charge >= 0.3 is 0 Å². The van der Waals surface area contributed by atoms with Crippen LogP contribution in [0.2, 0.25) is 0 Å². The van der Waals surface area contributed by atoms with Gasteiger partial charge in [0.2, 0.25) is 5.91 Å². The van der Waals surface area contributed by atoms with Crippen molar-refractivity contribution in [3.63, 3.8) is 0 Å². The number of hydrogen-bond acceptors (Lipinski definition) is 5. The van der Waals surface area contributed by atoms with Gasteiger partial charge in [0.05, 0.1) is 23.9 Å². The standard InChI is InChI=1S/C19H28N6O/c1-6-25-14(3)15(13(2)22-25)12-19(26)24-11-7-8-17(24)16-9-10-18(21-20-16)23(4)5/h9-10,17H,6-8,11-12H2,1-5H3. The first-order chi connectivity index (χ1) is 12.4. The van der Waals surface area contributed by atoms with Crippen molar-refractivity contribution in [3.8, 4) is 0 Å². The van der Waals surface area contributed by atoms with Gasteiger partial charge in [-0.25, -0.2) is 0 Å². The lowest BCUT2D eigenvalue weighted by Gasteiger charge is -2.24. The van der Waals surface area contributed by atoms with Crippen LogP contribution in [0.3, 0.4) is 0 Å². The minimum atomic E-state index is 0.0213. The zero-order valence-corrected chi connectivity index (χ0v) is 16.4. The summed E-state index contributed by atoms with van der Waals surface area (Å²) in [6.45, 7) is 7.69. The first-order valence-electron chi connectivity index (χ1n) is 9.25. The van der Waals surface area contributed by atoms with E-state index in [1.807, 2.05) is 54.6 Å². The number of amides is 1. The van der Waals surface area contributed by atoms with Gasteiger partial charge in [0.15, 0.2) is 5.82 Å². The van der Waals surface area contributed by atoms with Crippen molar-refractivity contribution in [3.05, 3.63) is 34.8 Å². The van der Waals surface area contributed by atoms with Crippen LogP contribution in [-0.2, 0) is 17.8 Å². The number of hydrogen-bond donors (Lipinski definition) is 0. The van der Waals surface area contributed by atoms with E-state index in [0.29, 0.717) is 6.42 Å². The van der Waals surface area contributed by atoms with Crippen LogP contribution in [0.15, 0.2) is 12.1 Å². The van der Waals surface area contributed by atoms with Crippen LogP contribution < -0.4 is 4.90 Å². The molecule has 0 aromatic carbocycles. The van der Waals surface area contributed by atoms with E-state index < -0.39 is 0 Å². The van der Waals surface area contributed by atoms with Gasteiger partial charge in [0.25, 0.3) is 0 Å². The molecule has 1 aliphatic rings. The van der Waals surface area contributed by atoms with Crippen LogP contribution in [0.5, 0.6) is 0 Å². The van der Waals surface area contributed by atoms with Crippen LogP contribution in [0.1, 0.15) is 48.5 Å². The molecular weight excluding hydrogens is 328 g/mol. The lowest BCUT2D eigenvalue weighted by atomic mass is 10.1. The monoisotopic (exact) mass is 356 g/mol. The number of anilines is 1. The van der Waals surface area contributed by atoms with Crippen LogP contribution >= 0.6 is 0 Å². The van der Waals surface area contributed by atoms with E-state index in [0.717, 1.165) is 54.4 Å². The van der Waals surface area contributed by atoms with Crippen molar-refractivity contribution in [2.45, 2.75) is 52.6 Å². The van der Waals surface area contributed by atoms with E-state index in [2.05, 4.69) is 22.2 Å². The molecule has 2 aromatic rings. The fraction of sp³-hybridized carbons (Fsp3) is 0.579. The Morgan fingerprint density at radius 1 is 1.27 bits per heavy atom. The van der Waals surface area contributed by atoms with Gasteiger partial charge in [-0.1, -0.05) is 0 Å². The molecule has 1 atom stereocenters. The Bertz CT molecular complexity index is 780. The smallest absolute Gasteiger partial charge is 0.227 e. The molecule has 3 heterocycles. The molecule has 0 saturated carbocycles. The molecule has 1 unspecified atom stereocenters. The summed E-state index contributed by atoms with van der Waals surface area (Å²) < 4.78 is 1.96. The van der Waals surface area contributed by atoms with Crippen molar-refractivity contribution >= 4 is 11.7 Å². The molecule has 1 aliphatic heterocycles. The number of rotatable bonds is 5. The second kappa shape index (κ2) is 7.43. The molecule has 7 nitrogen and oxygen atoms in total. The maximum atomic E-state index is 13.0. The van der Waals surface area contributed by atoms with E-state index >= 15 is 0 Å². The van der Waals surface area contributed by atoms with Crippen molar-refractivity contribution < 1.29 is 4.79 Å². The molecule has 2 aromatic heterocycles.